The minimum atomic E-state index is -1.21. The first-order chi connectivity index (χ1) is 20.6. The Hall–Kier alpha value is -3.90. The van der Waals surface area contributed by atoms with Gasteiger partial charge < -0.3 is 20.1 Å². The molecule has 2 aromatic carbocycles. The Morgan fingerprint density at radius 2 is 1.72 bits per heavy atom. The highest BCUT2D eigenvalue weighted by Crippen LogP contribution is 2.68. The number of thiazole rings is 1. The number of amides is 3. The van der Waals surface area contributed by atoms with Crippen molar-refractivity contribution < 1.29 is 29.0 Å². The minimum Gasteiger partial charge on any atom is -0.484 e. The number of carbonyl (C=O) groups excluding carboxylic acids is 3. The molecule has 43 heavy (non-hydrogen) atoms. The summed E-state index contributed by atoms with van der Waals surface area (Å²) in [6, 6.07) is 13.8. The van der Waals surface area contributed by atoms with Gasteiger partial charge in [0.05, 0.1) is 16.9 Å². The largest absolute Gasteiger partial charge is 0.484 e. The van der Waals surface area contributed by atoms with Crippen molar-refractivity contribution >= 4 is 52.5 Å². The molecule has 2 saturated carbocycles. The molecule has 3 heterocycles. The Kier molecular flexibility index (Phi) is 6.73. The highest BCUT2D eigenvalue weighted by Gasteiger charge is 2.70. The third-order valence-electron chi connectivity index (χ3n) is 9.45. The maximum absolute atomic E-state index is 13.5. The molecule has 3 N–H and O–H groups in total. The molecule has 10 nitrogen and oxygen atoms in total. The van der Waals surface area contributed by atoms with Crippen LogP contribution < -0.4 is 14.9 Å². The van der Waals surface area contributed by atoms with Gasteiger partial charge in [-0.1, -0.05) is 41.2 Å². The van der Waals surface area contributed by atoms with Gasteiger partial charge in [0.25, 0.3) is 5.91 Å². The van der Waals surface area contributed by atoms with Gasteiger partial charge in [-0.3, -0.25) is 24.1 Å². The van der Waals surface area contributed by atoms with Crippen molar-refractivity contribution in [3.8, 4) is 5.75 Å². The summed E-state index contributed by atoms with van der Waals surface area (Å²) in [6.45, 7) is 3.20. The highest BCUT2D eigenvalue weighted by atomic mass is 32.2. The summed E-state index contributed by atoms with van der Waals surface area (Å²) in [4.78, 5) is 68.2. The topological polar surface area (TPSA) is 146 Å². The van der Waals surface area contributed by atoms with Crippen LogP contribution in [0.3, 0.4) is 0 Å². The number of carboxylic acid groups (broad SMARTS) is 1. The van der Waals surface area contributed by atoms with E-state index in [4.69, 9.17) is 4.74 Å². The second kappa shape index (κ2) is 10.4. The zero-order chi connectivity index (χ0) is 30.2. The number of rotatable bonds is 7. The molecule has 7 unspecified atom stereocenters. The normalized spacial score (nSPS) is 29.2. The van der Waals surface area contributed by atoms with Crippen molar-refractivity contribution in [3.63, 3.8) is 0 Å². The van der Waals surface area contributed by atoms with Crippen LogP contribution in [0.25, 0.3) is 0 Å². The van der Waals surface area contributed by atoms with Crippen LogP contribution in [0.15, 0.2) is 58.4 Å². The second-order valence-electron chi connectivity index (χ2n) is 11.8. The molecule has 12 heteroatoms. The number of imide groups is 1. The lowest BCUT2D eigenvalue weighted by Gasteiger charge is -2.43. The molecule has 8 atom stereocenters. The number of aromatic nitrogens is 1. The van der Waals surface area contributed by atoms with Gasteiger partial charge in [0.1, 0.15) is 11.8 Å². The number of fused-ring (bicyclic) bond motifs is 9. The van der Waals surface area contributed by atoms with E-state index in [1.165, 1.54) is 18.3 Å². The zero-order valence-corrected chi connectivity index (χ0v) is 24.9. The van der Waals surface area contributed by atoms with E-state index >= 15 is 0 Å². The van der Waals surface area contributed by atoms with E-state index in [0.29, 0.717) is 11.4 Å². The summed E-state index contributed by atoms with van der Waals surface area (Å²) in [6.07, 6.45) is 0.720. The predicted octanol–water partition coefficient (Wildman–Crippen LogP) is 3.71. The molecular weight excluding hydrogens is 590 g/mol. The van der Waals surface area contributed by atoms with Crippen molar-refractivity contribution in [2.24, 2.45) is 29.6 Å². The van der Waals surface area contributed by atoms with Crippen LogP contribution in [0.2, 0.25) is 0 Å². The second-order valence-corrected chi connectivity index (χ2v) is 14.0. The molecule has 7 rings (SSSR count). The Morgan fingerprint density at radius 1 is 1.05 bits per heavy atom. The van der Waals surface area contributed by atoms with Crippen LogP contribution in [0.4, 0.5) is 5.69 Å². The maximum atomic E-state index is 13.5. The Labute approximate surface area is 254 Å². The number of H-pyrrole nitrogens is 1. The summed E-state index contributed by atoms with van der Waals surface area (Å²) in [5.41, 5.74) is 2.75. The highest BCUT2D eigenvalue weighted by molar-refractivity contribution is 8.00. The molecular formula is C31H29N3O7S2. The summed E-state index contributed by atoms with van der Waals surface area (Å²) < 4.78 is 5.75. The van der Waals surface area contributed by atoms with Crippen LogP contribution in [-0.4, -0.2) is 56.6 Å². The lowest BCUT2D eigenvalue weighted by atomic mass is 9.68. The maximum Gasteiger partial charge on any atom is 0.326 e. The van der Waals surface area contributed by atoms with E-state index in [1.54, 1.807) is 23.9 Å². The SMILES string of the molecule is Cc1ccc(NC(=O)COc2ccc([C@H]3c4sc(=O)[nH]c4SC4C5CC(C6C(=O)N(C(C)C(=O)O)C(=O)C56)C43)cc2)cc1. The average Bonchev–Trinajstić information content (AvgIpc) is 3.72. The number of thioether (sulfide) groups is 1. The van der Waals surface area contributed by atoms with E-state index in [9.17, 15) is 29.1 Å². The number of likely N-dealkylation sites (tertiary alicyclic amines) is 1. The Morgan fingerprint density at radius 3 is 2.40 bits per heavy atom. The molecule has 222 valence electrons. The van der Waals surface area contributed by atoms with Crippen LogP contribution in [0, 0.1) is 36.5 Å². The Bertz CT molecular complexity index is 1700. The molecule has 4 aliphatic rings. The number of hydrogen-bond donors (Lipinski definition) is 3. The van der Waals surface area contributed by atoms with E-state index in [0.717, 1.165) is 32.4 Å². The summed E-state index contributed by atoms with van der Waals surface area (Å²) in [7, 11) is 0. The van der Waals surface area contributed by atoms with Gasteiger partial charge in [0.2, 0.25) is 11.8 Å². The molecule has 1 aromatic heterocycles. The van der Waals surface area contributed by atoms with Crippen molar-refractivity contribution in [1.29, 1.82) is 0 Å². The lowest BCUT2D eigenvalue weighted by Crippen LogP contribution is -2.44. The van der Waals surface area contributed by atoms with E-state index in [-0.39, 0.29) is 58.1 Å². The Balaban J connectivity index is 1.13. The standard InChI is InChI=1S/C31H29N3O7S2/c1-13-3-7-16(8-4-13)32-20(35)12-41-17-9-5-15(6-10-17)21-22-18-11-19(25(22)42-27-26(21)43-31(40)33-27)24-23(18)28(36)34(29(24)37)14(2)30(38)39/h3-10,14,18-19,21-25H,11-12H2,1-2H3,(H,32,35)(H,33,40)(H,38,39)/t14?,18?,19?,21-,22?,23?,24?,25?/m1/s1. The molecule has 3 amide bonds. The van der Waals surface area contributed by atoms with Gasteiger partial charge in [-0.25, -0.2) is 4.79 Å². The number of nitrogens with one attached hydrogen (secondary N) is 2. The van der Waals surface area contributed by atoms with Crippen molar-refractivity contribution in [3.05, 3.63) is 74.2 Å². The third-order valence-corrected chi connectivity index (χ3v) is 12.0. The van der Waals surface area contributed by atoms with Gasteiger partial charge in [-0.2, -0.15) is 0 Å². The van der Waals surface area contributed by atoms with Gasteiger partial charge >= 0.3 is 10.8 Å². The third kappa shape index (κ3) is 4.50. The fourth-order valence-electron chi connectivity index (χ4n) is 7.66. The van der Waals surface area contributed by atoms with Crippen LogP contribution in [0.5, 0.6) is 5.75 Å². The predicted molar refractivity (Wildman–Crippen MR) is 159 cm³/mol. The van der Waals surface area contributed by atoms with Gasteiger partial charge in [-0.15, -0.1) is 11.8 Å². The van der Waals surface area contributed by atoms with Crippen LogP contribution >= 0.6 is 23.1 Å². The molecule has 3 aromatic rings. The number of aryl methyl sites for hydroxylation is 1. The van der Waals surface area contributed by atoms with Gasteiger partial charge in [0, 0.05) is 21.7 Å². The first-order valence-corrected chi connectivity index (χ1v) is 15.9. The van der Waals surface area contributed by atoms with Crippen LogP contribution in [-0.2, 0) is 19.2 Å². The summed E-state index contributed by atoms with van der Waals surface area (Å²) in [5, 5.41) is 13.2. The number of ether oxygens (including phenoxy) is 1. The van der Waals surface area contributed by atoms with Crippen LogP contribution in [0.1, 0.15) is 35.3 Å². The number of anilines is 1. The number of aromatic amines is 1. The monoisotopic (exact) mass is 619 g/mol. The van der Waals surface area contributed by atoms with Gasteiger partial charge in [-0.05, 0) is 67.9 Å². The lowest BCUT2D eigenvalue weighted by molar-refractivity contribution is -0.154. The summed E-state index contributed by atoms with van der Waals surface area (Å²) >= 11 is 2.75. The number of nitrogens with zero attached hydrogens (tertiary/aromatic N) is 1. The number of benzene rings is 2. The zero-order valence-electron chi connectivity index (χ0n) is 23.3. The first-order valence-electron chi connectivity index (χ1n) is 14.2. The molecule has 0 spiro atoms. The first kappa shape index (κ1) is 27.9. The number of carbonyl (C=O) groups is 4. The smallest absolute Gasteiger partial charge is 0.326 e. The quantitative estimate of drug-likeness (QED) is 0.340. The molecule has 3 fully saturated rings. The molecule has 2 aliphatic carbocycles. The number of hydrogen-bond acceptors (Lipinski definition) is 8. The molecule has 2 bridgehead atoms. The van der Waals surface area contributed by atoms with E-state index < -0.39 is 23.8 Å². The molecule has 1 saturated heterocycles. The van der Waals surface area contributed by atoms with Gasteiger partial charge in [0.15, 0.2) is 6.61 Å². The molecule has 2 aliphatic heterocycles. The summed E-state index contributed by atoms with van der Waals surface area (Å²) in [5.74, 6) is -3.16. The van der Waals surface area contributed by atoms with E-state index in [1.807, 2.05) is 43.3 Å². The van der Waals surface area contributed by atoms with Crippen molar-refractivity contribution in [2.45, 2.75) is 42.5 Å². The van der Waals surface area contributed by atoms with Crippen molar-refractivity contribution in [2.75, 3.05) is 11.9 Å². The fourth-order valence-corrected chi connectivity index (χ4v) is 10.5. The minimum absolute atomic E-state index is 0.000843. The molecule has 0 radical (unpaired) electrons. The van der Waals surface area contributed by atoms with E-state index in [2.05, 4.69) is 10.3 Å². The number of aliphatic carboxylic acids is 1. The number of carboxylic acids is 1. The average molecular weight is 620 g/mol. The van der Waals surface area contributed by atoms with Crippen molar-refractivity contribution in [1.82, 2.24) is 9.88 Å². The fraction of sp³-hybridized carbons (Fsp3) is 0.387.